The summed E-state index contributed by atoms with van der Waals surface area (Å²) >= 11 is 0. The van der Waals surface area contributed by atoms with Crippen LogP contribution in [-0.2, 0) is 19.8 Å². The molecule has 2 rings (SSSR count). The molecule has 0 fully saturated rings. The number of aromatic nitrogens is 2. The fourth-order valence-corrected chi connectivity index (χ4v) is 2.70. The van der Waals surface area contributed by atoms with Gasteiger partial charge in [-0.3, -0.25) is 4.68 Å². The molecule has 1 heterocycles. The number of hydrogen-bond acceptors (Lipinski definition) is 3. The minimum Gasteiger partial charge on any atom is -0.491 e. The minimum atomic E-state index is -4.44. The summed E-state index contributed by atoms with van der Waals surface area (Å²) in [6.07, 6.45) is -4.44. The van der Waals surface area contributed by atoms with E-state index >= 15 is 0 Å². The first-order valence-corrected chi connectivity index (χ1v) is 9.04. The highest BCUT2D eigenvalue weighted by molar-refractivity contribution is 14.0. The molecule has 0 bridgehead atoms. The number of hydrogen-bond donors (Lipinski definition) is 2. The van der Waals surface area contributed by atoms with Gasteiger partial charge in [0, 0.05) is 24.8 Å². The van der Waals surface area contributed by atoms with Crippen LogP contribution in [0.4, 0.5) is 13.2 Å². The molecule has 0 aliphatic heterocycles. The van der Waals surface area contributed by atoms with Crippen LogP contribution in [0.5, 0.6) is 5.75 Å². The van der Waals surface area contributed by atoms with Gasteiger partial charge in [-0.15, -0.1) is 24.0 Å². The van der Waals surface area contributed by atoms with Gasteiger partial charge in [0.1, 0.15) is 12.4 Å². The maximum atomic E-state index is 13.0. The van der Waals surface area contributed by atoms with E-state index in [0.29, 0.717) is 25.6 Å². The Bertz CT molecular complexity index is 821. The summed E-state index contributed by atoms with van der Waals surface area (Å²) in [4.78, 5) is 4.53. The second-order valence-electron chi connectivity index (χ2n) is 6.24. The van der Waals surface area contributed by atoms with Crippen molar-refractivity contribution in [1.82, 2.24) is 20.4 Å². The number of rotatable bonds is 7. The number of para-hydroxylation sites is 1. The maximum absolute atomic E-state index is 13.0. The van der Waals surface area contributed by atoms with E-state index in [1.165, 1.54) is 18.2 Å². The Labute approximate surface area is 185 Å². The molecule has 6 nitrogen and oxygen atoms in total. The third-order valence-electron chi connectivity index (χ3n) is 4.24. The highest BCUT2D eigenvalue weighted by Crippen LogP contribution is 2.35. The zero-order chi connectivity index (χ0) is 20.7. The first kappa shape index (κ1) is 25.1. The zero-order valence-corrected chi connectivity index (χ0v) is 19.3. The Morgan fingerprint density at radius 3 is 2.48 bits per heavy atom. The monoisotopic (exact) mass is 525 g/mol. The van der Waals surface area contributed by atoms with Crippen LogP contribution in [0.3, 0.4) is 0 Å². The molecular weight excluding hydrogens is 498 g/mol. The molecule has 0 atom stereocenters. The van der Waals surface area contributed by atoms with Crippen LogP contribution >= 0.6 is 24.0 Å². The van der Waals surface area contributed by atoms with E-state index in [1.54, 1.807) is 0 Å². The van der Waals surface area contributed by atoms with Crippen molar-refractivity contribution in [2.45, 2.75) is 33.5 Å². The van der Waals surface area contributed by atoms with Gasteiger partial charge < -0.3 is 15.4 Å². The van der Waals surface area contributed by atoms with Crippen molar-refractivity contribution in [3.05, 3.63) is 46.8 Å². The second kappa shape index (κ2) is 11.3. The molecule has 29 heavy (non-hydrogen) atoms. The Morgan fingerprint density at radius 1 is 1.21 bits per heavy atom. The van der Waals surface area contributed by atoms with Gasteiger partial charge in [0.15, 0.2) is 5.96 Å². The molecule has 1 aromatic carbocycles. The molecular formula is C19H27F3IN5O. The lowest BCUT2D eigenvalue weighted by atomic mass is 10.2. The molecule has 0 unspecified atom stereocenters. The van der Waals surface area contributed by atoms with Gasteiger partial charge in [-0.2, -0.15) is 18.3 Å². The molecule has 0 aliphatic rings. The third-order valence-corrected chi connectivity index (χ3v) is 4.24. The van der Waals surface area contributed by atoms with E-state index in [4.69, 9.17) is 4.74 Å². The van der Waals surface area contributed by atoms with Crippen LogP contribution in [0.1, 0.15) is 29.4 Å². The molecule has 0 saturated carbocycles. The Morgan fingerprint density at radius 2 is 1.90 bits per heavy atom. The number of halogens is 4. The summed E-state index contributed by atoms with van der Waals surface area (Å²) in [5, 5.41) is 10.5. The number of nitrogens with zero attached hydrogens (tertiary/aromatic N) is 3. The Balaban J connectivity index is 0.00000420. The largest absolute Gasteiger partial charge is 0.491 e. The second-order valence-corrected chi connectivity index (χ2v) is 6.24. The average Bonchev–Trinajstić information content (AvgIpc) is 2.88. The summed E-state index contributed by atoms with van der Waals surface area (Å²) in [6, 6.07) is 5.18. The minimum absolute atomic E-state index is 0. The number of nitrogens with one attached hydrogen (secondary N) is 2. The normalized spacial score (nSPS) is 11.8. The first-order chi connectivity index (χ1) is 13.2. The molecule has 0 radical (unpaired) electrons. The zero-order valence-electron chi connectivity index (χ0n) is 16.9. The number of aliphatic imine (C=N–C) groups is 1. The Kier molecular flexibility index (Phi) is 9.74. The highest BCUT2D eigenvalue weighted by atomic mass is 127. The summed E-state index contributed by atoms with van der Waals surface area (Å²) in [5.41, 5.74) is 2.24. The van der Waals surface area contributed by atoms with Gasteiger partial charge in [0.2, 0.25) is 0 Å². The first-order valence-electron chi connectivity index (χ1n) is 9.04. The number of guanidine groups is 1. The number of ether oxygens (including phenoxy) is 1. The van der Waals surface area contributed by atoms with Crippen LogP contribution in [0, 0.1) is 13.8 Å². The van der Waals surface area contributed by atoms with Crippen molar-refractivity contribution >= 4 is 29.9 Å². The molecule has 0 spiro atoms. The fourth-order valence-electron chi connectivity index (χ4n) is 2.70. The SMILES string of the molecule is CCNC(=NCc1c(C)nn(C)c1C)NCCOc1ccccc1C(F)(F)F.I. The smallest absolute Gasteiger partial charge is 0.419 e. The van der Waals surface area contributed by atoms with E-state index in [2.05, 4.69) is 20.7 Å². The summed E-state index contributed by atoms with van der Waals surface area (Å²) in [5.74, 6) is 0.387. The van der Waals surface area contributed by atoms with Crippen molar-refractivity contribution < 1.29 is 17.9 Å². The molecule has 2 aromatic rings. The van der Waals surface area contributed by atoms with Crippen molar-refractivity contribution in [2.24, 2.45) is 12.0 Å². The van der Waals surface area contributed by atoms with Crippen LogP contribution in [0.15, 0.2) is 29.3 Å². The van der Waals surface area contributed by atoms with Crippen molar-refractivity contribution in [2.75, 3.05) is 19.7 Å². The molecule has 0 aliphatic carbocycles. The van der Waals surface area contributed by atoms with Gasteiger partial charge in [0.25, 0.3) is 0 Å². The van der Waals surface area contributed by atoms with Crippen molar-refractivity contribution in [3.63, 3.8) is 0 Å². The van der Waals surface area contributed by atoms with E-state index < -0.39 is 11.7 Å². The highest BCUT2D eigenvalue weighted by Gasteiger charge is 2.33. The van der Waals surface area contributed by atoms with Crippen LogP contribution < -0.4 is 15.4 Å². The van der Waals surface area contributed by atoms with Gasteiger partial charge >= 0.3 is 6.18 Å². The van der Waals surface area contributed by atoms with Crippen molar-refractivity contribution in [1.29, 1.82) is 0 Å². The van der Waals surface area contributed by atoms with Crippen LogP contribution in [0.2, 0.25) is 0 Å². The maximum Gasteiger partial charge on any atom is 0.419 e. The standard InChI is InChI=1S/C19H26F3N5O.HI/c1-5-23-18(25-12-15-13(2)26-27(4)14(15)3)24-10-11-28-17-9-7-6-8-16(17)19(20,21)22;/h6-9H,5,10-12H2,1-4H3,(H2,23,24,25);1H. The Hall–Kier alpha value is -1.98. The average molecular weight is 525 g/mol. The van der Waals surface area contributed by atoms with Gasteiger partial charge in [-0.1, -0.05) is 12.1 Å². The quantitative estimate of drug-likeness (QED) is 0.250. The predicted molar refractivity (Wildman–Crippen MR) is 118 cm³/mol. The molecule has 0 amide bonds. The lowest BCUT2D eigenvalue weighted by Gasteiger charge is -2.15. The topological polar surface area (TPSA) is 63.5 Å². The van der Waals surface area contributed by atoms with E-state index in [-0.39, 0.29) is 36.3 Å². The predicted octanol–water partition coefficient (Wildman–Crippen LogP) is 3.81. The lowest BCUT2D eigenvalue weighted by molar-refractivity contribution is -0.138. The fraction of sp³-hybridized carbons (Fsp3) is 0.474. The van der Waals surface area contributed by atoms with Gasteiger partial charge in [-0.25, -0.2) is 4.99 Å². The molecule has 0 saturated heterocycles. The summed E-state index contributed by atoms with van der Waals surface area (Å²) in [6.45, 7) is 7.35. The van der Waals surface area contributed by atoms with Crippen LogP contribution in [0.25, 0.3) is 0 Å². The van der Waals surface area contributed by atoms with Crippen molar-refractivity contribution in [3.8, 4) is 5.75 Å². The van der Waals surface area contributed by atoms with E-state index in [9.17, 15) is 13.2 Å². The molecule has 1 aromatic heterocycles. The third kappa shape index (κ3) is 7.09. The number of aryl methyl sites for hydroxylation is 2. The summed E-state index contributed by atoms with van der Waals surface area (Å²) < 4.78 is 46.1. The van der Waals surface area contributed by atoms with Gasteiger partial charge in [0.05, 0.1) is 24.3 Å². The van der Waals surface area contributed by atoms with E-state index in [0.717, 1.165) is 23.0 Å². The van der Waals surface area contributed by atoms with Crippen LogP contribution in [-0.4, -0.2) is 35.4 Å². The molecule has 162 valence electrons. The number of alkyl halides is 3. The number of benzene rings is 1. The van der Waals surface area contributed by atoms with E-state index in [1.807, 2.05) is 32.5 Å². The summed E-state index contributed by atoms with van der Waals surface area (Å²) in [7, 11) is 1.88. The molecule has 10 heteroatoms. The van der Waals surface area contributed by atoms with Gasteiger partial charge in [-0.05, 0) is 32.9 Å². The lowest BCUT2D eigenvalue weighted by Crippen LogP contribution is -2.39. The molecule has 2 N–H and O–H groups in total.